The average Bonchev–Trinajstić information content (AvgIpc) is 3.08. The zero-order chi connectivity index (χ0) is 20.5. The van der Waals surface area contributed by atoms with Gasteiger partial charge in [-0.1, -0.05) is 29.8 Å². The van der Waals surface area contributed by atoms with Crippen LogP contribution in [0, 0.1) is 0 Å². The number of aromatic amines is 1. The fourth-order valence-corrected chi connectivity index (χ4v) is 3.95. The van der Waals surface area contributed by atoms with Gasteiger partial charge in [0.25, 0.3) is 5.56 Å². The number of hydrogen-bond donors (Lipinski definition) is 2. The maximum Gasteiger partial charge on any atom is 0.356 e. The number of carbonyl (C=O) groups excluding carboxylic acids is 1. The third-order valence-corrected chi connectivity index (χ3v) is 5.33. The minimum absolute atomic E-state index is 0. The molecule has 4 rings (SSSR count). The zero-order valence-corrected chi connectivity index (χ0v) is 18.0. The van der Waals surface area contributed by atoms with Crippen molar-refractivity contribution in [1.82, 2.24) is 14.6 Å². The van der Waals surface area contributed by atoms with Crippen LogP contribution < -0.4 is 16.2 Å². The summed E-state index contributed by atoms with van der Waals surface area (Å²) in [5, 5.41) is 5.17. The van der Waals surface area contributed by atoms with Gasteiger partial charge >= 0.3 is 5.97 Å². The summed E-state index contributed by atoms with van der Waals surface area (Å²) in [7, 11) is 0. The van der Waals surface area contributed by atoms with Crippen LogP contribution in [0.3, 0.4) is 0 Å². The summed E-state index contributed by atoms with van der Waals surface area (Å²) in [6, 6.07) is 7.34. The van der Waals surface area contributed by atoms with E-state index in [4.69, 9.17) is 22.1 Å². The van der Waals surface area contributed by atoms with Crippen molar-refractivity contribution in [1.29, 1.82) is 0 Å². The Morgan fingerprint density at radius 2 is 2.17 bits per heavy atom. The van der Waals surface area contributed by atoms with Crippen molar-refractivity contribution in [2.45, 2.75) is 25.8 Å². The van der Waals surface area contributed by atoms with Gasteiger partial charge in [-0.3, -0.25) is 4.79 Å². The third kappa shape index (κ3) is 4.03. The summed E-state index contributed by atoms with van der Waals surface area (Å²) in [4.78, 5) is 29.8. The van der Waals surface area contributed by atoms with Crippen LogP contribution in [0.2, 0.25) is 5.02 Å². The van der Waals surface area contributed by atoms with Crippen molar-refractivity contribution in [2.24, 2.45) is 5.73 Å². The smallest absolute Gasteiger partial charge is 0.356 e. The summed E-state index contributed by atoms with van der Waals surface area (Å²) in [6.45, 7) is 3.32. The predicted molar refractivity (Wildman–Crippen MR) is 119 cm³/mol. The van der Waals surface area contributed by atoms with Crippen LogP contribution in [-0.4, -0.2) is 46.3 Å². The van der Waals surface area contributed by atoms with Crippen molar-refractivity contribution < 1.29 is 9.53 Å². The third-order valence-electron chi connectivity index (χ3n) is 5.00. The summed E-state index contributed by atoms with van der Waals surface area (Å²) < 4.78 is 6.43. The molecule has 30 heavy (non-hydrogen) atoms. The highest BCUT2D eigenvalue weighted by Gasteiger charge is 2.27. The first-order valence-electron chi connectivity index (χ1n) is 9.57. The molecule has 8 nitrogen and oxygen atoms in total. The van der Waals surface area contributed by atoms with Crippen molar-refractivity contribution in [3.05, 3.63) is 51.5 Å². The lowest BCUT2D eigenvalue weighted by Gasteiger charge is -2.31. The number of benzene rings is 1. The maximum absolute atomic E-state index is 13.0. The van der Waals surface area contributed by atoms with Crippen LogP contribution >= 0.6 is 24.0 Å². The Bertz CT molecular complexity index is 1130. The minimum atomic E-state index is -0.608. The molecule has 2 aromatic heterocycles. The number of ether oxygens (including phenoxy) is 1. The van der Waals surface area contributed by atoms with Gasteiger partial charge in [-0.05, 0) is 25.8 Å². The van der Waals surface area contributed by atoms with E-state index in [2.05, 4.69) is 15.0 Å². The van der Waals surface area contributed by atoms with E-state index in [1.807, 2.05) is 18.2 Å². The second kappa shape index (κ2) is 9.07. The van der Waals surface area contributed by atoms with Crippen LogP contribution in [0.4, 0.5) is 5.82 Å². The molecule has 1 fully saturated rings. The molecule has 1 saturated heterocycles. The number of piperidine rings is 1. The molecular weight excluding hydrogens is 429 g/mol. The van der Waals surface area contributed by atoms with Crippen LogP contribution in [-0.2, 0) is 4.74 Å². The molecule has 1 aromatic carbocycles. The number of carbonyl (C=O) groups is 1. The number of hydrogen-bond acceptors (Lipinski definition) is 6. The number of halogens is 2. The van der Waals surface area contributed by atoms with Gasteiger partial charge < -0.3 is 20.4 Å². The lowest BCUT2D eigenvalue weighted by atomic mass is 10.0. The Balaban J connectivity index is 0.00000256. The van der Waals surface area contributed by atoms with Crippen molar-refractivity contribution in [3.8, 4) is 11.1 Å². The van der Waals surface area contributed by atoms with Gasteiger partial charge in [0.05, 0.1) is 18.4 Å². The fraction of sp³-hybridized carbons (Fsp3) is 0.350. The summed E-state index contributed by atoms with van der Waals surface area (Å²) in [5.74, 6) is 0.0163. The lowest BCUT2D eigenvalue weighted by Crippen LogP contribution is -2.43. The van der Waals surface area contributed by atoms with Gasteiger partial charge in [0.1, 0.15) is 11.2 Å². The molecule has 0 amide bonds. The van der Waals surface area contributed by atoms with E-state index >= 15 is 0 Å². The maximum atomic E-state index is 13.0. The molecule has 0 aliphatic carbocycles. The van der Waals surface area contributed by atoms with Crippen molar-refractivity contribution >= 4 is 41.3 Å². The molecule has 3 aromatic rings. The molecule has 0 unspecified atom stereocenters. The highest BCUT2D eigenvalue weighted by Crippen LogP contribution is 2.37. The summed E-state index contributed by atoms with van der Waals surface area (Å²) >= 11 is 6.46. The van der Waals surface area contributed by atoms with E-state index in [0.717, 1.165) is 19.4 Å². The van der Waals surface area contributed by atoms with Gasteiger partial charge in [0.15, 0.2) is 5.82 Å². The van der Waals surface area contributed by atoms with Crippen molar-refractivity contribution in [3.63, 3.8) is 0 Å². The topological polar surface area (TPSA) is 106 Å². The molecule has 1 aliphatic heterocycles. The Kier molecular flexibility index (Phi) is 6.70. The quantitative estimate of drug-likeness (QED) is 0.590. The van der Waals surface area contributed by atoms with E-state index in [0.29, 0.717) is 34.0 Å². The zero-order valence-electron chi connectivity index (χ0n) is 16.4. The largest absolute Gasteiger partial charge is 0.461 e. The molecule has 1 aliphatic rings. The molecule has 0 radical (unpaired) electrons. The monoisotopic (exact) mass is 451 g/mol. The molecule has 160 valence electrons. The van der Waals surface area contributed by atoms with E-state index < -0.39 is 11.5 Å². The standard InChI is InChI=1S/C20H22ClN5O3.ClH/c1-2-29-20(28)15-11-26-17(19(27)23-15)16(13-7-3-4-8-14(13)21)18(24-26)25-9-5-6-12(22)10-25;/h3-4,7-8,11-12H,2,5-6,9-10,22H2,1H3,(H,23,27);1H/t12-;/m1./s1. The molecule has 0 spiro atoms. The second-order valence-electron chi connectivity index (χ2n) is 7.04. The number of rotatable bonds is 4. The number of nitrogens with two attached hydrogens (primary N) is 1. The SMILES string of the molecule is CCOC(=O)c1cn2nc(N3CCC[C@@H](N)C3)c(-c3ccccc3Cl)c2c(=O)[nH]1.Cl. The first kappa shape index (κ1) is 22.1. The molecule has 1 atom stereocenters. The normalized spacial score (nSPS) is 16.4. The Labute approximate surface area is 184 Å². The highest BCUT2D eigenvalue weighted by atomic mass is 35.5. The Morgan fingerprint density at radius 3 is 2.87 bits per heavy atom. The molecular formula is C20H23Cl2N5O3. The van der Waals surface area contributed by atoms with Gasteiger partial charge in [-0.15, -0.1) is 17.5 Å². The van der Waals surface area contributed by atoms with Crippen molar-refractivity contribution in [2.75, 3.05) is 24.6 Å². The van der Waals surface area contributed by atoms with E-state index in [1.54, 1.807) is 13.0 Å². The fourth-order valence-electron chi connectivity index (χ4n) is 3.72. The summed E-state index contributed by atoms with van der Waals surface area (Å²) in [5.41, 5.74) is 7.42. The molecule has 0 saturated carbocycles. The Hall–Kier alpha value is -2.55. The number of nitrogens with zero attached hydrogens (tertiary/aromatic N) is 3. The minimum Gasteiger partial charge on any atom is -0.461 e. The van der Waals surface area contributed by atoms with Gasteiger partial charge in [-0.25, -0.2) is 9.31 Å². The molecule has 3 N–H and O–H groups in total. The van der Waals surface area contributed by atoms with Crippen LogP contribution in [0.15, 0.2) is 35.3 Å². The lowest BCUT2D eigenvalue weighted by molar-refractivity contribution is 0.0518. The van der Waals surface area contributed by atoms with Gasteiger partial charge in [-0.2, -0.15) is 0 Å². The highest BCUT2D eigenvalue weighted by molar-refractivity contribution is 6.33. The van der Waals surface area contributed by atoms with Gasteiger partial charge in [0.2, 0.25) is 0 Å². The van der Waals surface area contributed by atoms with Crippen LogP contribution in [0.1, 0.15) is 30.3 Å². The number of nitrogens with one attached hydrogen (secondary N) is 1. The summed E-state index contributed by atoms with van der Waals surface area (Å²) in [6.07, 6.45) is 3.35. The molecule has 0 bridgehead atoms. The Morgan fingerprint density at radius 1 is 1.40 bits per heavy atom. The molecule has 10 heteroatoms. The average molecular weight is 452 g/mol. The number of aromatic nitrogens is 3. The number of anilines is 1. The first-order chi connectivity index (χ1) is 14.0. The number of esters is 1. The second-order valence-corrected chi connectivity index (χ2v) is 7.44. The van der Waals surface area contributed by atoms with E-state index in [-0.39, 0.29) is 30.7 Å². The number of H-pyrrole nitrogens is 1. The van der Waals surface area contributed by atoms with Gasteiger partial charge in [0, 0.05) is 29.7 Å². The molecule has 3 heterocycles. The number of fused-ring (bicyclic) bond motifs is 1. The predicted octanol–water partition coefficient (Wildman–Crippen LogP) is 2.87. The van der Waals surface area contributed by atoms with Crippen LogP contribution in [0.5, 0.6) is 0 Å². The first-order valence-corrected chi connectivity index (χ1v) is 9.95. The van der Waals surface area contributed by atoms with E-state index in [9.17, 15) is 9.59 Å². The van der Waals surface area contributed by atoms with E-state index in [1.165, 1.54) is 10.7 Å². The van der Waals surface area contributed by atoms with Crippen LogP contribution in [0.25, 0.3) is 16.6 Å².